The molecule has 0 saturated heterocycles. The zero-order valence-electron chi connectivity index (χ0n) is 2.27. The summed E-state index contributed by atoms with van der Waals surface area (Å²) < 4.78 is 0. The summed E-state index contributed by atoms with van der Waals surface area (Å²) in [7, 11) is 0. The van der Waals surface area contributed by atoms with Crippen LogP contribution in [0.25, 0.3) is 0 Å². The van der Waals surface area contributed by atoms with E-state index in [1.54, 1.807) is 0 Å². The van der Waals surface area contributed by atoms with Crippen LogP contribution in [0.15, 0.2) is 0 Å². The topological polar surface area (TPSA) is 85.5 Å². The van der Waals surface area contributed by atoms with Crippen molar-refractivity contribution >= 4 is 0 Å². The first-order valence-electron chi connectivity index (χ1n) is 0. The SMILES string of the molecule is [Ir+4].[O-2].[O-2].[O-2].[Ra+2]. The van der Waals surface area contributed by atoms with Gasteiger partial charge in [0.25, 0.3) is 0 Å². The molecule has 3 nitrogen and oxygen atoms in total. The van der Waals surface area contributed by atoms with Crippen LogP contribution >= 0.6 is 0 Å². The second-order valence-electron chi connectivity index (χ2n) is 0. The maximum atomic E-state index is 0. The van der Waals surface area contributed by atoms with Crippen LogP contribution in [-0.2, 0) is 36.5 Å². The summed E-state index contributed by atoms with van der Waals surface area (Å²) in [5.74, 6) is 0. The van der Waals surface area contributed by atoms with Crippen molar-refractivity contribution in [3.63, 3.8) is 0 Å². The van der Waals surface area contributed by atoms with Gasteiger partial charge in [0.2, 0.25) is 0 Å². The average Bonchev–Trinajstić information content (AvgIpc) is 0. The van der Waals surface area contributed by atoms with Crippen LogP contribution in [-0.4, -0.2) is 0 Å². The monoisotopic (exact) mass is 467 g/mol. The van der Waals surface area contributed by atoms with Crippen molar-refractivity contribution in [3.05, 3.63) is 0 Å². The van der Waals surface area contributed by atoms with E-state index in [2.05, 4.69) is 0 Å². The summed E-state index contributed by atoms with van der Waals surface area (Å²) in [4.78, 5) is 0. The van der Waals surface area contributed by atoms with Gasteiger partial charge in [-0.3, -0.25) is 0 Å². The molecule has 0 bridgehead atoms. The van der Waals surface area contributed by atoms with E-state index >= 15 is 0 Å². The van der Waals surface area contributed by atoms with E-state index in [1.807, 2.05) is 0 Å². The molecule has 0 amide bonds. The molecule has 0 atom stereocenters. The van der Waals surface area contributed by atoms with Crippen molar-refractivity contribution in [2.45, 2.75) is 0 Å². The minimum atomic E-state index is 0. The maximum absolute atomic E-state index is 0. The molecule has 0 spiro atoms. The van der Waals surface area contributed by atoms with Gasteiger partial charge in [0, 0.05) is 0 Å². The number of hydrogen-bond acceptors (Lipinski definition) is 0. The summed E-state index contributed by atoms with van der Waals surface area (Å²) in [6.07, 6.45) is 0. The fourth-order valence-electron chi connectivity index (χ4n) is 0. The molecule has 1 radical (unpaired) electrons. The van der Waals surface area contributed by atoms with E-state index in [9.17, 15) is 0 Å². The van der Waals surface area contributed by atoms with Gasteiger partial charge in [-0.05, 0) is 0 Å². The molecular weight excluding hydrogens is 466 g/mol. The third-order valence-corrected chi connectivity index (χ3v) is 0. The third-order valence-electron chi connectivity index (χ3n) is 0. The predicted molar refractivity (Wildman–Crippen MR) is 2.06 cm³/mol. The van der Waals surface area contributed by atoms with Gasteiger partial charge in [-0.1, -0.05) is 0 Å². The Morgan fingerprint density at radius 2 is 0.600 bits per heavy atom. The van der Waals surface area contributed by atoms with Gasteiger partial charge in [0.05, 0.1) is 0 Å². The van der Waals surface area contributed by atoms with Crippen molar-refractivity contribution in [1.82, 2.24) is 0 Å². The Bertz CT molecular complexity index is 6.85. The second-order valence-corrected chi connectivity index (χ2v) is 0. The van der Waals surface area contributed by atoms with E-state index < -0.39 is 0 Å². The van der Waals surface area contributed by atoms with Crippen LogP contribution < -0.4 is 0 Å². The molecule has 0 N–H and O–H groups in total. The Labute approximate surface area is 80.2 Å². The summed E-state index contributed by atoms with van der Waals surface area (Å²) in [6.45, 7) is 0. The molecule has 0 aliphatic carbocycles. The zero-order valence-corrected chi connectivity index (χ0v) is 10.5. The van der Waals surface area contributed by atoms with Gasteiger partial charge in [-0.2, -0.15) is 0 Å². The van der Waals surface area contributed by atoms with Gasteiger partial charge < -0.3 is 16.4 Å². The standard InChI is InChI=1S/Ir.3O.Ra/q+4;3*-2;+2. The Morgan fingerprint density at radius 3 is 0.600 bits per heavy atom. The minimum Gasteiger partial charge on any atom is -2.00 e. The summed E-state index contributed by atoms with van der Waals surface area (Å²) >= 11 is 0. The van der Waals surface area contributed by atoms with E-state index in [-0.39, 0.29) is 81.5 Å². The van der Waals surface area contributed by atoms with E-state index in [4.69, 9.17) is 0 Å². The molecule has 0 saturated carbocycles. The van der Waals surface area contributed by atoms with Crippen molar-refractivity contribution in [1.29, 1.82) is 0 Å². The molecule has 0 unspecified atom stereocenters. The first-order chi connectivity index (χ1) is 0. The van der Waals surface area contributed by atoms with Gasteiger partial charge in [-0.15, -0.1) is 0 Å². The van der Waals surface area contributed by atoms with Crippen molar-refractivity contribution < 1.29 is 81.5 Å². The van der Waals surface area contributed by atoms with E-state index in [0.29, 0.717) is 0 Å². The van der Waals surface area contributed by atoms with Gasteiger partial charge in [0.15, 0.2) is 0 Å². The van der Waals surface area contributed by atoms with Crippen LogP contribution in [0.5, 0.6) is 0 Å². The summed E-state index contributed by atoms with van der Waals surface area (Å²) in [5.41, 5.74) is 0. The first kappa shape index (κ1) is 63.1. The Balaban J connectivity index is 0. The fraction of sp³-hybridized carbons (Fsp3) is 0. The third kappa shape index (κ3) is 24.0. The minimum absolute atomic E-state index is 0. The van der Waals surface area contributed by atoms with Crippen LogP contribution in [0.4, 0.5) is 0 Å². The quantitative estimate of drug-likeness (QED) is 0.468. The molecule has 0 aliphatic heterocycles. The van der Waals surface area contributed by atoms with Gasteiger partial charge in [-0.25, -0.2) is 0 Å². The molecule has 0 rings (SSSR count). The van der Waals surface area contributed by atoms with E-state index in [1.165, 1.54) is 0 Å². The van der Waals surface area contributed by atoms with Crippen LogP contribution in [0.1, 0.15) is 0 Å². The largest absolute Gasteiger partial charge is 4.00 e. The van der Waals surface area contributed by atoms with Crippen molar-refractivity contribution in [3.8, 4) is 0 Å². The second kappa shape index (κ2) is 37.6. The smallest absolute Gasteiger partial charge is 2.00 e. The van der Waals surface area contributed by atoms with Crippen molar-refractivity contribution in [2.75, 3.05) is 0 Å². The average molecular weight is 466 g/mol. The Hall–Kier alpha value is 2.00. The molecule has 0 aromatic rings. The molecule has 0 aromatic heterocycles. The maximum Gasteiger partial charge on any atom is 4.00 e. The summed E-state index contributed by atoms with van der Waals surface area (Å²) in [6, 6.07) is 0. The molecular formula is IrO3Ra. The van der Waals surface area contributed by atoms with Gasteiger partial charge >= 0.3 is 65.1 Å². The number of rotatable bonds is 0. The molecule has 5 heavy (non-hydrogen) atoms. The first-order valence-corrected chi connectivity index (χ1v) is 0. The fourth-order valence-corrected chi connectivity index (χ4v) is 0. The summed E-state index contributed by atoms with van der Waals surface area (Å²) in [5, 5.41) is 0. The molecule has 0 heterocycles. The Kier molecular flexibility index (Phi) is 474. The van der Waals surface area contributed by atoms with Gasteiger partial charge in [0.1, 0.15) is 0 Å². The van der Waals surface area contributed by atoms with Crippen molar-refractivity contribution in [2.24, 2.45) is 0 Å². The molecule has 29 valence electrons. The normalized spacial score (nSPS) is 0. The molecule has 5 heteroatoms. The van der Waals surface area contributed by atoms with E-state index in [0.717, 1.165) is 0 Å². The Morgan fingerprint density at radius 1 is 0.600 bits per heavy atom. The number of hydrogen-bond donors (Lipinski definition) is 0. The van der Waals surface area contributed by atoms with Crippen LogP contribution in [0.3, 0.4) is 0 Å². The predicted octanol–water partition coefficient (Wildman–Crippen LogP) is -0.359. The molecule has 0 fully saturated rings. The molecule has 0 aromatic carbocycles. The molecule has 0 aliphatic rings. The zero-order chi connectivity index (χ0) is 0. The van der Waals surface area contributed by atoms with Crippen LogP contribution in [0.2, 0.25) is 0 Å². The van der Waals surface area contributed by atoms with Crippen LogP contribution in [0, 0.1) is 45.0 Å².